The summed E-state index contributed by atoms with van der Waals surface area (Å²) in [4.78, 5) is 0. The van der Waals surface area contributed by atoms with Gasteiger partial charge in [-0.1, -0.05) is 30.6 Å². The van der Waals surface area contributed by atoms with Crippen molar-refractivity contribution >= 4 is 6.98 Å². The van der Waals surface area contributed by atoms with Crippen molar-refractivity contribution in [1.82, 2.24) is 0 Å². The van der Waals surface area contributed by atoms with Gasteiger partial charge in [-0.2, -0.15) is 0 Å². The monoisotopic (exact) mass is 286 g/mol. The van der Waals surface area contributed by atoms with E-state index in [0.29, 0.717) is 0 Å². The van der Waals surface area contributed by atoms with Crippen molar-refractivity contribution in [1.29, 1.82) is 0 Å². The zero-order chi connectivity index (χ0) is 12.5. The zero-order valence-corrected chi connectivity index (χ0v) is 12.9. The Morgan fingerprint density at radius 3 is 1.78 bits per heavy atom. The van der Waals surface area contributed by atoms with Crippen molar-refractivity contribution in [2.45, 2.75) is 30.0 Å². The Bertz CT molecular complexity index is 459. The molecule has 0 heterocycles. The summed E-state index contributed by atoms with van der Waals surface area (Å²) in [6, 6.07) is 3.43. The van der Waals surface area contributed by atoms with E-state index in [4.69, 9.17) is 0 Å². The maximum absolute atomic E-state index is 13.5. The van der Waals surface area contributed by atoms with E-state index in [1.165, 1.54) is 6.07 Å². The van der Waals surface area contributed by atoms with Gasteiger partial charge in [0.25, 0.3) is 0 Å². The van der Waals surface area contributed by atoms with Crippen molar-refractivity contribution in [3.05, 3.63) is 35.4 Å². The molecule has 92 valence electrons. The molecule has 0 atom stereocenters. The largest absolute Gasteiger partial charge is 1.00 e. The molecule has 0 unspecified atom stereocenters. The van der Waals surface area contributed by atoms with Crippen LogP contribution in [0.3, 0.4) is 0 Å². The standard InChI is InChI=1S/C11H9BF5.K/c13-7-2-1-3-8(14)9(7)10-4-11(5-10,6-10)12(15,16)17;/h1-3H,4-6H2;/q-1;+1. The first kappa shape index (κ1) is 15.0. The molecular weight excluding hydrogens is 277 g/mol. The summed E-state index contributed by atoms with van der Waals surface area (Å²) in [7, 11) is 0. The SMILES string of the molecule is Fc1cccc(F)c1C12CC([B-](F)(F)F)(C1)C2.[K+]. The van der Waals surface area contributed by atoms with E-state index in [0.717, 1.165) is 12.1 Å². The Kier molecular flexibility index (Phi) is 3.56. The second kappa shape index (κ2) is 4.28. The fraction of sp³-hybridized carbons (Fsp3) is 0.455. The molecule has 18 heavy (non-hydrogen) atoms. The molecule has 0 radical (unpaired) electrons. The molecule has 0 nitrogen and oxygen atoms in total. The molecule has 0 saturated heterocycles. The number of halogens is 5. The summed E-state index contributed by atoms with van der Waals surface area (Å²) in [6.45, 7) is -4.90. The summed E-state index contributed by atoms with van der Waals surface area (Å²) < 4.78 is 65.0. The van der Waals surface area contributed by atoms with Crippen LogP contribution in [0.2, 0.25) is 5.31 Å². The third-order valence-corrected chi connectivity index (χ3v) is 4.26. The number of rotatable bonds is 2. The van der Waals surface area contributed by atoms with Gasteiger partial charge in [0, 0.05) is 5.56 Å². The molecule has 0 amide bonds. The first-order valence-corrected chi connectivity index (χ1v) is 5.44. The Morgan fingerprint density at radius 2 is 1.39 bits per heavy atom. The van der Waals surface area contributed by atoms with E-state index in [1.807, 2.05) is 0 Å². The van der Waals surface area contributed by atoms with Gasteiger partial charge in [-0.15, -0.1) is 0 Å². The molecule has 4 rings (SSSR count). The molecule has 3 fully saturated rings. The van der Waals surface area contributed by atoms with Crippen molar-refractivity contribution in [2.75, 3.05) is 0 Å². The van der Waals surface area contributed by atoms with Crippen LogP contribution in [0.4, 0.5) is 21.7 Å². The summed E-state index contributed by atoms with van der Waals surface area (Å²) in [5, 5.41) is -1.62. The van der Waals surface area contributed by atoms with Gasteiger partial charge >= 0.3 is 58.4 Å². The van der Waals surface area contributed by atoms with Gasteiger partial charge in [-0.05, 0) is 17.5 Å². The Hall–Kier alpha value is 0.571. The van der Waals surface area contributed by atoms with Crippen molar-refractivity contribution < 1.29 is 73.1 Å². The number of benzene rings is 1. The quantitative estimate of drug-likeness (QED) is 0.562. The normalized spacial score (nSPS) is 33.2. The molecule has 0 N–H and O–H groups in total. The molecule has 0 aliphatic heterocycles. The molecule has 0 aromatic heterocycles. The maximum Gasteiger partial charge on any atom is 1.00 e. The van der Waals surface area contributed by atoms with Gasteiger partial charge in [0.2, 0.25) is 0 Å². The van der Waals surface area contributed by atoms with E-state index in [-0.39, 0.29) is 76.2 Å². The van der Waals surface area contributed by atoms with Crippen molar-refractivity contribution in [2.24, 2.45) is 0 Å². The van der Waals surface area contributed by atoms with Crippen LogP contribution >= 0.6 is 0 Å². The first-order chi connectivity index (χ1) is 7.80. The van der Waals surface area contributed by atoms with Crippen LogP contribution in [0.1, 0.15) is 24.8 Å². The Labute approximate surface area is 144 Å². The first-order valence-electron chi connectivity index (χ1n) is 5.44. The Balaban J connectivity index is 0.00000120. The van der Waals surface area contributed by atoms with E-state index in [9.17, 15) is 21.7 Å². The minimum Gasteiger partial charge on any atom is -0.449 e. The van der Waals surface area contributed by atoms with Crippen LogP contribution < -0.4 is 51.4 Å². The Morgan fingerprint density at radius 1 is 0.944 bits per heavy atom. The molecule has 3 saturated carbocycles. The van der Waals surface area contributed by atoms with Crippen LogP contribution in [0.15, 0.2) is 18.2 Å². The number of hydrogen-bond acceptors (Lipinski definition) is 0. The maximum atomic E-state index is 13.5. The van der Waals surface area contributed by atoms with Crippen LogP contribution in [0.25, 0.3) is 0 Å². The summed E-state index contributed by atoms with van der Waals surface area (Å²) in [5.74, 6) is -1.46. The minimum absolute atomic E-state index is 0. The van der Waals surface area contributed by atoms with Crippen LogP contribution in [0.5, 0.6) is 0 Å². The topological polar surface area (TPSA) is 0 Å². The zero-order valence-electron chi connectivity index (χ0n) is 9.82. The van der Waals surface area contributed by atoms with Gasteiger partial charge in [0.05, 0.1) is 0 Å². The smallest absolute Gasteiger partial charge is 0.449 e. The van der Waals surface area contributed by atoms with Crippen molar-refractivity contribution in [3.63, 3.8) is 0 Å². The average Bonchev–Trinajstić information content (AvgIpc) is 2.03. The molecular formula is C11H9BF5K. The van der Waals surface area contributed by atoms with E-state index >= 15 is 0 Å². The van der Waals surface area contributed by atoms with E-state index < -0.39 is 29.3 Å². The average molecular weight is 286 g/mol. The second-order valence-electron chi connectivity index (χ2n) is 5.34. The van der Waals surface area contributed by atoms with Gasteiger partial charge in [-0.3, -0.25) is 0 Å². The fourth-order valence-corrected chi connectivity index (χ4v) is 3.48. The predicted molar refractivity (Wildman–Crippen MR) is 53.7 cm³/mol. The van der Waals surface area contributed by atoms with Crippen molar-refractivity contribution in [3.8, 4) is 0 Å². The second-order valence-corrected chi connectivity index (χ2v) is 5.34. The van der Waals surface area contributed by atoms with Crippen LogP contribution in [0, 0.1) is 11.6 Å². The van der Waals surface area contributed by atoms with Gasteiger partial charge in [0.1, 0.15) is 11.6 Å². The molecule has 1 aromatic rings. The van der Waals surface area contributed by atoms with E-state index in [1.54, 1.807) is 0 Å². The molecule has 3 aliphatic rings. The van der Waals surface area contributed by atoms with Crippen LogP contribution in [-0.2, 0) is 5.41 Å². The molecule has 0 spiro atoms. The van der Waals surface area contributed by atoms with E-state index in [2.05, 4.69) is 0 Å². The third-order valence-electron chi connectivity index (χ3n) is 4.26. The van der Waals surface area contributed by atoms with Gasteiger partial charge < -0.3 is 12.9 Å². The molecule has 3 aliphatic carbocycles. The summed E-state index contributed by atoms with van der Waals surface area (Å²) in [6.07, 6.45) is -0.454. The molecule has 2 bridgehead atoms. The fourth-order valence-electron chi connectivity index (χ4n) is 3.48. The minimum atomic E-state index is -4.90. The number of hydrogen-bond donors (Lipinski definition) is 0. The third kappa shape index (κ3) is 1.78. The van der Waals surface area contributed by atoms with Crippen LogP contribution in [-0.4, -0.2) is 6.98 Å². The summed E-state index contributed by atoms with van der Waals surface area (Å²) >= 11 is 0. The van der Waals surface area contributed by atoms with Gasteiger partial charge in [0.15, 0.2) is 0 Å². The summed E-state index contributed by atoms with van der Waals surface area (Å²) in [5.41, 5.74) is -1.05. The molecule has 1 aromatic carbocycles. The van der Waals surface area contributed by atoms with Gasteiger partial charge in [-0.25, -0.2) is 8.78 Å². The molecule has 7 heteroatoms. The predicted octanol–water partition coefficient (Wildman–Crippen LogP) is 0.992.